The molecule has 4 rings (SSSR count). The van der Waals surface area contributed by atoms with E-state index in [4.69, 9.17) is 16.3 Å². The van der Waals surface area contributed by atoms with Gasteiger partial charge in [0.15, 0.2) is 0 Å². The van der Waals surface area contributed by atoms with Crippen LogP contribution in [0.2, 0.25) is 5.02 Å². The minimum atomic E-state index is -0.452. The van der Waals surface area contributed by atoms with E-state index in [1.54, 1.807) is 30.5 Å². The monoisotopic (exact) mass is 368 g/mol. The number of hydrogen-bond donors (Lipinski definition) is 1. The number of pyridine rings is 1. The van der Waals surface area contributed by atoms with E-state index in [1.807, 2.05) is 16.7 Å². The Morgan fingerprint density at radius 1 is 1.31 bits per heavy atom. The normalized spacial score (nSPS) is 15.3. The quantitative estimate of drug-likeness (QED) is 0.759. The summed E-state index contributed by atoms with van der Waals surface area (Å²) in [5.41, 5.74) is 2.43. The van der Waals surface area contributed by atoms with Crippen LogP contribution in [0.4, 0.5) is 5.69 Å². The van der Waals surface area contributed by atoms with Crippen molar-refractivity contribution in [1.82, 2.24) is 4.57 Å². The number of benzene rings is 2. The highest BCUT2D eigenvalue weighted by Gasteiger charge is 2.24. The van der Waals surface area contributed by atoms with Crippen LogP contribution in [0, 0.1) is 0 Å². The molecule has 1 atom stereocenters. The van der Waals surface area contributed by atoms with E-state index in [1.165, 1.54) is 7.11 Å². The van der Waals surface area contributed by atoms with Crippen molar-refractivity contribution >= 4 is 34.1 Å². The van der Waals surface area contributed by atoms with Crippen LogP contribution in [-0.2, 0) is 6.42 Å². The molecule has 2 aromatic carbocycles. The Bertz CT molecular complexity index is 1100. The van der Waals surface area contributed by atoms with Crippen LogP contribution in [0.3, 0.4) is 0 Å². The zero-order valence-electron chi connectivity index (χ0n) is 14.4. The predicted octanol–water partition coefficient (Wildman–Crippen LogP) is 4.03. The maximum Gasteiger partial charge on any atom is 0.261 e. The summed E-state index contributed by atoms with van der Waals surface area (Å²) in [4.78, 5) is 25.6. The van der Waals surface area contributed by atoms with E-state index in [9.17, 15) is 9.59 Å². The van der Waals surface area contributed by atoms with Crippen molar-refractivity contribution in [3.8, 4) is 5.75 Å². The van der Waals surface area contributed by atoms with Crippen LogP contribution >= 0.6 is 11.6 Å². The van der Waals surface area contributed by atoms with Gasteiger partial charge in [0, 0.05) is 23.3 Å². The number of amides is 1. The van der Waals surface area contributed by atoms with E-state index in [0.717, 1.165) is 17.5 Å². The minimum absolute atomic E-state index is 0.121. The molecular formula is C20H17ClN2O3. The summed E-state index contributed by atoms with van der Waals surface area (Å²) in [6.45, 7) is 2.08. The number of halogens is 1. The van der Waals surface area contributed by atoms with Gasteiger partial charge in [-0.3, -0.25) is 9.59 Å². The number of nitrogens with one attached hydrogen (secondary N) is 1. The summed E-state index contributed by atoms with van der Waals surface area (Å²) in [6.07, 6.45) is 2.52. The highest BCUT2D eigenvalue weighted by Crippen LogP contribution is 2.31. The van der Waals surface area contributed by atoms with E-state index >= 15 is 0 Å². The van der Waals surface area contributed by atoms with Crippen molar-refractivity contribution in [1.29, 1.82) is 0 Å². The van der Waals surface area contributed by atoms with Gasteiger partial charge in [-0.25, -0.2) is 0 Å². The molecule has 0 bridgehead atoms. The number of methoxy groups -OCH3 is 1. The van der Waals surface area contributed by atoms with Crippen molar-refractivity contribution in [2.45, 2.75) is 19.4 Å². The SMILES string of the molecule is COc1ccc(NC(=O)c2cn3c4c(cccc4c2=O)C[C@@H]3C)cc1Cl. The largest absolute Gasteiger partial charge is 0.495 e. The molecule has 132 valence electrons. The average molecular weight is 369 g/mol. The summed E-state index contributed by atoms with van der Waals surface area (Å²) in [5.74, 6) is 0.0661. The molecule has 0 spiro atoms. The number of hydrogen-bond acceptors (Lipinski definition) is 3. The first-order valence-electron chi connectivity index (χ1n) is 8.31. The number of carbonyl (C=O) groups is 1. The van der Waals surface area contributed by atoms with Gasteiger partial charge < -0.3 is 14.6 Å². The molecule has 0 saturated heterocycles. The number of nitrogens with zero attached hydrogens (tertiary/aromatic N) is 1. The predicted molar refractivity (Wildman–Crippen MR) is 103 cm³/mol. The van der Waals surface area contributed by atoms with Gasteiger partial charge in [0.2, 0.25) is 5.43 Å². The summed E-state index contributed by atoms with van der Waals surface area (Å²) in [5, 5.41) is 3.71. The van der Waals surface area contributed by atoms with Crippen LogP contribution in [0.15, 0.2) is 47.4 Å². The van der Waals surface area contributed by atoms with Crippen molar-refractivity contribution in [2.75, 3.05) is 12.4 Å². The van der Waals surface area contributed by atoms with Gasteiger partial charge in [0.05, 0.1) is 17.6 Å². The second-order valence-corrected chi connectivity index (χ2v) is 6.86. The van der Waals surface area contributed by atoms with Gasteiger partial charge >= 0.3 is 0 Å². The second-order valence-electron chi connectivity index (χ2n) is 6.45. The molecule has 0 unspecified atom stereocenters. The molecule has 0 saturated carbocycles. The molecule has 5 nitrogen and oxygen atoms in total. The molecule has 6 heteroatoms. The van der Waals surface area contributed by atoms with Crippen molar-refractivity contribution < 1.29 is 9.53 Å². The van der Waals surface area contributed by atoms with Crippen molar-refractivity contribution in [3.63, 3.8) is 0 Å². The van der Waals surface area contributed by atoms with Gasteiger partial charge in [-0.15, -0.1) is 0 Å². The number of anilines is 1. The maximum absolute atomic E-state index is 12.8. The molecule has 26 heavy (non-hydrogen) atoms. The fourth-order valence-electron chi connectivity index (χ4n) is 3.52. The van der Waals surface area contributed by atoms with Crippen LogP contribution < -0.4 is 15.5 Å². The smallest absolute Gasteiger partial charge is 0.261 e. The molecule has 0 fully saturated rings. The highest BCUT2D eigenvalue weighted by molar-refractivity contribution is 6.32. The highest BCUT2D eigenvalue weighted by atomic mass is 35.5. The standard InChI is InChI=1S/C20H17ClN2O3/c1-11-8-12-4-3-5-14-18(12)23(11)10-15(19(14)24)20(25)22-13-6-7-17(26-2)16(21)9-13/h3-7,9-11H,8H2,1-2H3,(H,22,25)/t11-/m0/s1. The number of aromatic nitrogens is 1. The van der Waals surface area contributed by atoms with Crippen molar-refractivity contribution in [3.05, 3.63) is 69.0 Å². The molecule has 1 aliphatic heterocycles. The Hall–Kier alpha value is -2.79. The fourth-order valence-corrected chi connectivity index (χ4v) is 3.78. The molecular weight excluding hydrogens is 352 g/mol. The first kappa shape index (κ1) is 16.7. The lowest BCUT2D eigenvalue weighted by molar-refractivity contribution is 0.102. The van der Waals surface area contributed by atoms with Crippen LogP contribution in [0.5, 0.6) is 5.75 Å². The second kappa shape index (κ2) is 6.18. The molecule has 1 N–H and O–H groups in total. The van der Waals surface area contributed by atoms with E-state index in [0.29, 0.717) is 21.8 Å². The van der Waals surface area contributed by atoms with Crippen LogP contribution in [-0.4, -0.2) is 17.6 Å². The lowest BCUT2D eigenvalue weighted by Crippen LogP contribution is -2.23. The summed E-state index contributed by atoms with van der Waals surface area (Å²) < 4.78 is 7.12. The van der Waals surface area contributed by atoms with E-state index in [-0.39, 0.29) is 17.0 Å². The molecule has 1 amide bonds. The van der Waals surface area contributed by atoms with Gasteiger partial charge in [0.1, 0.15) is 11.3 Å². The van der Waals surface area contributed by atoms with E-state index < -0.39 is 5.91 Å². The third-order valence-corrected chi connectivity index (χ3v) is 5.08. The summed E-state index contributed by atoms with van der Waals surface area (Å²) in [7, 11) is 1.52. The van der Waals surface area contributed by atoms with Crippen LogP contribution in [0.25, 0.3) is 10.9 Å². The first-order chi connectivity index (χ1) is 12.5. The fraction of sp³-hybridized carbons (Fsp3) is 0.200. The van der Waals surface area contributed by atoms with Crippen molar-refractivity contribution in [2.24, 2.45) is 0 Å². The number of carbonyl (C=O) groups excluding carboxylic acids is 1. The number of ether oxygens (including phenoxy) is 1. The third kappa shape index (κ3) is 2.56. The molecule has 3 aromatic rings. The Morgan fingerprint density at radius 2 is 2.12 bits per heavy atom. The number of para-hydroxylation sites is 1. The Morgan fingerprint density at radius 3 is 2.85 bits per heavy atom. The minimum Gasteiger partial charge on any atom is -0.495 e. The van der Waals surface area contributed by atoms with Gasteiger partial charge in [-0.05, 0) is 43.2 Å². The molecule has 0 radical (unpaired) electrons. The third-order valence-electron chi connectivity index (χ3n) is 4.78. The Kier molecular flexibility index (Phi) is 3.96. The lowest BCUT2D eigenvalue weighted by Gasteiger charge is -2.13. The summed E-state index contributed by atoms with van der Waals surface area (Å²) in [6, 6.07) is 10.8. The Labute approximate surface area is 155 Å². The first-order valence-corrected chi connectivity index (χ1v) is 8.69. The summed E-state index contributed by atoms with van der Waals surface area (Å²) >= 11 is 6.10. The molecule has 1 aliphatic rings. The molecule has 1 aromatic heterocycles. The molecule has 2 heterocycles. The zero-order chi connectivity index (χ0) is 18.4. The van der Waals surface area contributed by atoms with Gasteiger partial charge in [-0.1, -0.05) is 23.7 Å². The number of rotatable bonds is 3. The van der Waals surface area contributed by atoms with Crippen LogP contribution in [0.1, 0.15) is 28.9 Å². The topological polar surface area (TPSA) is 60.3 Å². The lowest BCUT2D eigenvalue weighted by atomic mass is 10.1. The molecule has 0 aliphatic carbocycles. The average Bonchev–Trinajstić information content (AvgIpc) is 2.94. The maximum atomic E-state index is 12.8. The zero-order valence-corrected chi connectivity index (χ0v) is 15.1. The van der Waals surface area contributed by atoms with E-state index in [2.05, 4.69) is 12.2 Å². The Balaban J connectivity index is 1.76. The van der Waals surface area contributed by atoms with Gasteiger partial charge in [-0.2, -0.15) is 0 Å². The van der Waals surface area contributed by atoms with Gasteiger partial charge in [0.25, 0.3) is 5.91 Å².